The molecule has 2 aliphatic rings. The molecule has 2 heterocycles. The molecule has 14 nitrogen and oxygen atoms in total. The molecule has 0 aromatic carbocycles. The first-order valence-electron chi connectivity index (χ1n) is 18.1. The van der Waals surface area contributed by atoms with Gasteiger partial charge in [0.15, 0.2) is 5.79 Å². The molecule has 0 amide bonds. The minimum Gasteiger partial charge on any atom is -0.726 e. The maximum atomic E-state index is 11.4. The first kappa shape index (κ1) is 51.8. The minimum atomic E-state index is -4.86. The first-order chi connectivity index (χ1) is 23.3. The third kappa shape index (κ3) is 25.5. The van der Waals surface area contributed by atoms with E-state index in [1.807, 2.05) is 0 Å². The molecule has 5 atom stereocenters. The average Bonchev–Trinajstić information content (AvgIpc) is 3.32. The van der Waals surface area contributed by atoms with Crippen molar-refractivity contribution in [1.82, 2.24) is 0 Å². The molecule has 2 N–H and O–H groups in total. The van der Waals surface area contributed by atoms with Crippen LogP contribution in [-0.2, 0) is 52.9 Å². The fourth-order valence-corrected chi connectivity index (χ4v) is 7.20. The van der Waals surface area contributed by atoms with Gasteiger partial charge in [0.05, 0.1) is 32.0 Å². The Morgan fingerprint density at radius 1 is 0.843 bits per heavy atom. The van der Waals surface area contributed by atoms with Crippen molar-refractivity contribution in [2.45, 2.75) is 165 Å². The van der Waals surface area contributed by atoms with Crippen LogP contribution in [0.4, 0.5) is 0 Å². The predicted molar refractivity (Wildman–Crippen MR) is 180 cm³/mol. The summed E-state index contributed by atoms with van der Waals surface area (Å²) in [7, 11) is -9.58. The SMILES string of the molecule is CCOC(=O)/C=C/CCCC[C@H]1O[C@]2(CCCCCCCCCCCCCCCOC[C@H](N)COS(=O)(=O)[O-])CC[C@@H](OS(=O)(=O)[O-])[C@@H]1O2.[Na+].[Na+]. The number of nitrogens with two attached hydrogens (primary N) is 1. The molecule has 2 bridgehead atoms. The van der Waals surface area contributed by atoms with Gasteiger partial charge in [-0.1, -0.05) is 83.1 Å². The molecule has 0 spiro atoms. The Bertz CT molecular complexity index is 1160. The molecule has 2 fully saturated rings. The Labute approximate surface area is 350 Å². The second-order valence-electron chi connectivity index (χ2n) is 13.0. The molecule has 0 radical (unpaired) electrons. The van der Waals surface area contributed by atoms with Crippen LogP contribution in [-0.4, -0.2) is 88.5 Å². The molecule has 0 aliphatic carbocycles. The van der Waals surface area contributed by atoms with Crippen LogP contribution >= 0.6 is 0 Å². The molecule has 0 unspecified atom stereocenters. The molecule has 0 saturated carbocycles. The summed E-state index contributed by atoms with van der Waals surface area (Å²) >= 11 is 0. The van der Waals surface area contributed by atoms with Crippen LogP contribution < -0.4 is 64.8 Å². The van der Waals surface area contributed by atoms with Crippen molar-refractivity contribution < 1.29 is 117 Å². The summed E-state index contributed by atoms with van der Waals surface area (Å²) in [4.78, 5) is 11.4. The number of hydrogen-bond donors (Lipinski definition) is 1. The van der Waals surface area contributed by atoms with E-state index in [9.17, 15) is 30.7 Å². The second kappa shape index (κ2) is 29.1. The quantitative estimate of drug-likeness (QED) is 0.0233. The third-order valence-electron chi connectivity index (χ3n) is 8.76. The molecule has 18 heteroatoms. The Morgan fingerprint density at radius 2 is 1.43 bits per heavy atom. The Morgan fingerprint density at radius 3 is 2.00 bits per heavy atom. The van der Waals surface area contributed by atoms with Gasteiger partial charge in [-0.05, 0) is 45.4 Å². The molecule has 0 aromatic rings. The van der Waals surface area contributed by atoms with Crippen LogP contribution in [0, 0.1) is 0 Å². The van der Waals surface area contributed by atoms with E-state index >= 15 is 0 Å². The van der Waals surface area contributed by atoms with Gasteiger partial charge < -0.3 is 33.8 Å². The van der Waals surface area contributed by atoms with E-state index in [2.05, 4.69) is 4.18 Å². The van der Waals surface area contributed by atoms with Crippen molar-refractivity contribution in [2.24, 2.45) is 5.73 Å². The fourth-order valence-electron chi connectivity index (χ4n) is 6.35. The number of rotatable bonds is 30. The van der Waals surface area contributed by atoms with Crippen molar-refractivity contribution in [3.05, 3.63) is 12.2 Å². The van der Waals surface area contributed by atoms with Gasteiger partial charge in [-0.15, -0.1) is 0 Å². The summed E-state index contributed by atoms with van der Waals surface area (Å²) in [5, 5.41) is 0. The Hall–Kier alpha value is 0.790. The summed E-state index contributed by atoms with van der Waals surface area (Å²) in [5.41, 5.74) is 5.64. The van der Waals surface area contributed by atoms with Crippen molar-refractivity contribution in [2.75, 3.05) is 26.4 Å². The Kier molecular flexibility index (Phi) is 29.5. The summed E-state index contributed by atoms with van der Waals surface area (Å²) in [5.74, 6) is -1.12. The van der Waals surface area contributed by atoms with E-state index in [4.69, 9.17) is 28.9 Å². The molecule has 0 aromatic heterocycles. The molecular formula is C33H59NNa2O13S2. The number of hydrogen-bond acceptors (Lipinski definition) is 14. The first-order valence-corrected chi connectivity index (χ1v) is 20.8. The van der Waals surface area contributed by atoms with Crippen molar-refractivity contribution in [1.29, 1.82) is 0 Å². The van der Waals surface area contributed by atoms with Gasteiger partial charge in [0.25, 0.3) is 0 Å². The largest absolute Gasteiger partial charge is 1.00 e. The van der Waals surface area contributed by atoms with Gasteiger partial charge in [0.2, 0.25) is 20.8 Å². The number of carbonyl (C=O) groups is 1. The van der Waals surface area contributed by atoms with Crippen LogP contribution in [0.1, 0.15) is 135 Å². The van der Waals surface area contributed by atoms with Crippen LogP contribution in [0.3, 0.4) is 0 Å². The normalized spacial score (nSPS) is 22.4. The molecule has 288 valence electrons. The van der Waals surface area contributed by atoms with Crippen LogP contribution in [0.2, 0.25) is 0 Å². The fraction of sp³-hybridized carbons (Fsp3) is 0.909. The molecule has 51 heavy (non-hydrogen) atoms. The van der Waals surface area contributed by atoms with Crippen molar-refractivity contribution in [3.8, 4) is 0 Å². The summed E-state index contributed by atoms with van der Waals surface area (Å²) in [6.07, 6.45) is 20.8. The van der Waals surface area contributed by atoms with Crippen LogP contribution in [0.5, 0.6) is 0 Å². The number of ether oxygens (including phenoxy) is 4. The summed E-state index contributed by atoms with van der Waals surface area (Å²) < 4.78 is 97.2. The molecule has 2 rings (SSSR count). The zero-order valence-electron chi connectivity index (χ0n) is 31.1. The van der Waals surface area contributed by atoms with Crippen LogP contribution in [0.15, 0.2) is 12.2 Å². The Balaban J connectivity index is 0.0000125. The van der Waals surface area contributed by atoms with E-state index in [1.54, 1.807) is 13.0 Å². The van der Waals surface area contributed by atoms with Gasteiger partial charge in [-0.3, -0.25) is 8.37 Å². The zero-order valence-corrected chi connectivity index (χ0v) is 36.8. The monoisotopic (exact) mass is 787 g/mol. The average molecular weight is 788 g/mol. The standard InChI is InChI=1S/C33H61NO13S2.2Na/c1-2-43-31(35)21-17-13-12-16-20-29-32-30(47-49(39,40)41)22-24-33(45-29,46-32)23-18-14-10-8-6-4-3-5-7-9-11-15-19-25-42-26-28(34)27-44-48(36,37)38;;/h17,21,28-30,32H,2-16,18-20,22-27,34H2,1H3,(H,36,37,38)(H,39,40,41);;/q;2*+1/p-2/b21-17+;;/t28-,29+,30+,32+,33-;;/m0../s1. The topological polar surface area (TPSA) is 213 Å². The number of unbranched alkanes of at least 4 members (excludes halogenated alkanes) is 14. The predicted octanol–water partition coefficient (Wildman–Crippen LogP) is -0.924. The van der Waals surface area contributed by atoms with E-state index in [1.165, 1.54) is 51.0 Å². The molecule has 2 saturated heterocycles. The smallest absolute Gasteiger partial charge is 0.726 e. The summed E-state index contributed by atoms with van der Waals surface area (Å²) in [6, 6.07) is -0.646. The van der Waals surface area contributed by atoms with E-state index in [-0.39, 0.29) is 84.4 Å². The number of fused-ring (bicyclic) bond motifs is 2. The maximum absolute atomic E-state index is 11.4. The zero-order chi connectivity index (χ0) is 36.0. The minimum absolute atomic E-state index is 0. The second-order valence-corrected chi connectivity index (χ2v) is 15.1. The van der Waals surface area contributed by atoms with Gasteiger partial charge >= 0.3 is 65.1 Å². The number of allylic oxidation sites excluding steroid dienone is 1. The van der Waals surface area contributed by atoms with Gasteiger partial charge in [-0.2, -0.15) is 0 Å². The third-order valence-corrected chi connectivity index (χ3v) is 9.66. The number of carbonyl (C=O) groups excluding carboxylic acids is 1. The summed E-state index contributed by atoms with van der Waals surface area (Å²) in [6.45, 7) is 2.42. The van der Waals surface area contributed by atoms with E-state index < -0.39 is 44.8 Å². The van der Waals surface area contributed by atoms with E-state index in [0.717, 1.165) is 57.8 Å². The van der Waals surface area contributed by atoms with Gasteiger partial charge in [0, 0.05) is 25.5 Å². The maximum Gasteiger partial charge on any atom is 1.00 e. The number of esters is 1. The molecule has 2 aliphatic heterocycles. The van der Waals surface area contributed by atoms with E-state index in [0.29, 0.717) is 38.9 Å². The van der Waals surface area contributed by atoms with Crippen LogP contribution in [0.25, 0.3) is 0 Å². The van der Waals surface area contributed by atoms with Crippen molar-refractivity contribution >= 4 is 26.8 Å². The van der Waals surface area contributed by atoms with Gasteiger partial charge in [0.1, 0.15) is 12.2 Å². The van der Waals surface area contributed by atoms with Crippen molar-refractivity contribution in [3.63, 3.8) is 0 Å². The molecular weight excluding hydrogens is 728 g/mol. The van der Waals surface area contributed by atoms with Gasteiger partial charge in [-0.25, -0.2) is 21.6 Å².